The first-order valence-electron chi connectivity index (χ1n) is 16.6. The van der Waals surface area contributed by atoms with Crippen LogP contribution in [0.25, 0.3) is 55.7 Å². The minimum Gasteiger partial charge on any atom is -0.486 e. The van der Waals surface area contributed by atoms with Gasteiger partial charge in [-0.2, -0.15) is 0 Å². The number of pyridine rings is 3. The van der Waals surface area contributed by atoms with Crippen LogP contribution in [0.2, 0.25) is 19.6 Å². The first kappa shape index (κ1) is 34.6. The summed E-state index contributed by atoms with van der Waals surface area (Å²) in [6, 6.07) is 29.4. The Morgan fingerprint density at radius 2 is 1.61 bits per heavy atom. The van der Waals surface area contributed by atoms with Gasteiger partial charge in [-0.1, -0.05) is 74.4 Å². The summed E-state index contributed by atoms with van der Waals surface area (Å²) in [5.41, 5.74) is 11.0. The fraction of sp³-hybridized carbons (Fsp3) is 0.214. The molecule has 251 valence electrons. The molecule has 0 aliphatic carbocycles. The minimum absolute atomic E-state index is 0. The number of nitrogens with zero attached hydrogens (tertiary/aromatic N) is 3. The molecule has 7 heteroatoms. The summed E-state index contributed by atoms with van der Waals surface area (Å²) in [5.74, 6) is -0.987. The molecule has 0 bridgehead atoms. The molecule has 0 atom stereocenters. The molecule has 0 amide bonds. The molecule has 0 aliphatic heterocycles. The Kier molecular flexibility index (Phi) is 10.4. The number of aromatic nitrogens is 3. The van der Waals surface area contributed by atoms with Crippen LogP contribution in [0.3, 0.4) is 0 Å². The largest absolute Gasteiger partial charge is 0.486 e. The van der Waals surface area contributed by atoms with Crippen molar-refractivity contribution in [2.24, 2.45) is 0 Å². The second-order valence-electron chi connectivity index (χ2n) is 13.5. The van der Waals surface area contributed by atoms with E-state index >= 15 is 0 Å². The topological polar surface area (TPSA) is 51.8 Å². The van der Waals surface area contributed by atoms with Crippen LogP contribution >= 0.6 is 0 Å². The maximum absolute atomic E-state index is 14.6. The Morgan fingerprint density at radius 1 is 0.857 bits per heavy atom. The van der Waals surface area contributed by atoms with E-state index in [-0.39, 0.29) is 25.9 Å². The van der Waals surface area contributed by atoms with Crippen LogP contribution in [-0.4, -0.2) is 23.0 Å². The van der Waals surface area contributed by atoms with Crippen molar-refractivity contribution in [1.82, 2.24) is 15.0 Å². The monoisotopic (exact) mass is 843 g/mol. The average molecular weight is 843 g/mol. The molecule has 0 N–H and O–H groups in total. The van der Waals surface area contributed by atoms with E-state index < -0.39 is 14.0 Å². The van der Waals surface area contributed by atoms with Crippen molar-refractivity contribution >= 4 is 35.3 Å². The van der Waals surface area contributed by atoms with Crippen LogP contribution in [-0.2, 0) is 20.1 Å². The quantitative estimate of drug-likeness (QED) is 0.128. The van der Waals surface area contributed by atoms with Crippen LogP contribution < -0.4 is 5.19 Å². The van der Waals surface area contributed by atoms with Gasteiger partial charge in [-0.25, -0.2) is 4.98 Å². The second-order valence-corrected chi connectivity index (χ2v) is 18.6. The van der Waals surface area contributed by atoms with Crippen LogP contribution in [0.4, 0.5) is 4.39 Å². The fourth-order valence-electron chi connectivity index (χ4n) is 6.33. The van der Waals surface area contributed by atoms with E-state index in [4.69, 9.17) is 5.79 Å². The van der Waals surface area contributed by atoms with Crippen LogP contribution in [0, 0.1) is 38.7 Å². The number of halogens is 1. The van der Waals surface area contributed by atoms with Gasteiger partial charge in [0.1, 0.15) is 0 Å². The van der Waals surface area contributed by atoms with Gasteiger partial charge in [0.25, 0.3) is 0 Å². The van der Waals surface area contributed by atoms with Gasteiger partial charge in [-0.3, -0.25) is 4.39 Å². The van der Waals surface area contributed by atoms with Gasteiger partial charge in [0.15, 0.2) is 0 Å². The zero-order chi connectivity index (χ0) is 35.1. The molecule has 1 radical (unpaired) electrons. The van der Waals surface area contributed by atoms with Gasteiger partial charge in [0.2, 0.25) is 5.71 Å². The molecule has 0 unspecified atom stereocenters. The first-order chi connectivity index (χ1) is 23.2. The Hall–Kier alpha value is -4.29. The van der Waals surface area contributed by atoms with Crippen molar-refractivity contribution in [2.45, 2.75) is 60.2 Å². The molecule has 4 nitrogen and oxygen atoms in total. The predicted octanol–water partition coefficient (Wildman–Crippen LogP) is 10.8. The molecule has 49 heavy (non-hydrogen) atoms. The van der Waals surface area contributed by atoms with Crippen LogP contribution in [0.1, 0.15) is 43.4 Å². The summed E-state index contributed by atoms with van der Waals surface area (Å²) >= 11 is 0. The zero-order valence-electron chi connectivity index (χ0n) is 30.1. The van der Waals surface area contributed by atoms with E-state index in [0.29, 0.717) is 33.3 Å². The molecular formula is C42H40FIrN3OSi-2. The Bertz CT molecular complexity index is 2290. The summed E-state index contributed by atoms with van der Waals surface area (Å²) in [4.78, 5) is 13.4. The van der Waals surface area contributed by atoms with Crippen molar-refractivity contribution < 1.29 is 30.3 Å². The number of aryl methyl sites for hydroxylation is 3. The molecule has 7 aromatic rings. The van der Waals surface area contributed by atoms with E-state index in [1.165, 1.54) is 33.5 Å². The summed E-state index contributed by atoms with van der Waals surface area (Å²) in [7, 11) is -1.50. The molecule has 0 spiro atoms. The van der Waals surface area contributed by atoms with Gasteiger partial charge in [-0.15, -0.1) is 48.0 Å². The number of rotatable bonds is 5. The predicted molar refractivity (Wildman–Crippen MR) is 199 cm³/mol. The molecule has 4 aromatic heterocycles. The second kappa shape index (κ2) is 14.7. The third kappa shape index (κ3) is 7.50. The number of benzene rings is 3. The van der Waals surface area contributed by atoms with E-state index in [9.17, 15) is 4.39 Å². The van der Waals surface area contributed by atoms with Crippen molar-refractivity contribution in [1.29, 1.82) is 0 Å². The van der Waals surface area contributed by atoms with Gasteiger partial charge in [-0.05, 0) is 89.1 Å². The standard InChI is InChI=1S/C25H18FN2O.C17H22NSi.Ir/c1-14-11-15(2)22(16(3)12-14)17-8-10-27-21(13-17)18-6-7-20(26)23-19-5-4-9-28-25(19)29-24(18)23;1-13(2)15-11-16(14-9-7-6-8-10-14)18-12-17(15)19(3,4)5;/h4-5,7-13H,1-3H3;6-9,11-13H,1-5H3;/q2*-1;/i;13D;. The third-order valence-electron chi connectivity index (χ3n) is 8.49. The van der Waals surface area contributed by atoms with Gasteiger partial charge in [0, 0.05) is 51.3 Å². The third-order valence-corrected chi connectivity index (χ3v) is 10.5. The minimum atomic E-state index is -1.50. The van der Waals surface area contributed by atoms with E-state index in [2.05, 4.69) is 85.7 Å². The molecule has 3 aromatic carbocycles. The summed E-state index contributed by atoms with van der Waals surface area (Å²) in [6.07, 6.45) is 5.38. The number of fused-ring (bicyclic) bond motifs is 3. The van der Waals surface area contributed by atoms with E-state index in [0.717, 1.165) is 22.4 Å². The maximum atomic E-state index is 14.6. The van der Waals surface area contributed by atoms with Gasteiger partial charge >= 0.3 is 0 Å². The summed E-state index contributed by atoms with van der Waals surface area (Å²) in [6.45, 7) is 17.1. The fourth-order valence-corrected chi connectivity index (χ4v) is 7.92. The van der Waals surface area contributed by atoms with Gasteiger partial charge in [0.05, 0.1) is 13.7 Å². The maximum Gasteiger partial charge on any atom is 0.216 e. The van der Waals surface area contributed by atoms with Gasteiger partial charge < -0.3 is 14.4 Å². The normalized spacial score (nSPS) is 11.9. The van der Waals surface area contributed by atoms with Crippen molar-refractivity contribution in [3.63, 3.8) is 0 Å². The van der Waals surface area contributed by atoms with Crippen LogP contribution in [0.5, 0.6) is 0 Å². The summed E-state index contributed by atoms with van der Waals surface area (Å²) in [5, 5.41) is 2.34. The van der Waals surface area contributed by atoms with Crippen molar-refractivity contribution in [3.05, 3.63) is 132 Å². The molecule has 4 heterocycles. The van der Waals surface area contributed by atoms with Crippen molar-refractivity contribution in [3.8, 4) is 33.6 Å². The molecule has 7 rings (SSSR count). The van der Waals surface area contributed by atoms with Crippen LogP contribution in [0.15, 0.2) is 95.8 Å². The molecular weight excluding hydrogens is 802 g/mol. The zero-order valence-corrected chi connectivity index (χ0v) is 32.5. The molecule has 0 aliphatic rings. The Morgan fingerprint density at radius 3 is 2.29 bits per heavy atom. The van der Waals surface area contributed by atoms with Crippen molar-refractivity contribution in [2.75, 3.05) is 0 Å². The first-order valence-corrected chi connectivity index (χ1v) is 19.6. The van der Waals surface area contributed by atoms with E-state index in [1.54, 1.807) is 18.5 Å². The summed E-state index contributed by atoms with van der Waals surface area (Å²) < 4.78 is 28.9. The number of hydrogen-bond acceptors (Lipinski definition) is 4. The number of furan rings is 1. The number of hydrogen-bond donors (Lipinski definition) is 0. The van der Waals surface area contributed by atoms with E-state index in [1.807, 2.05) is 62.5 Å². The SMILES string of the molecule is Cc1cc(C)c(-c2ccnc(-c3[c-]cc(F)c4c3oc3ncccc34)c2)c(C)c1.[2H]C(C)(C)c1cc(-c2[c-]cccc2)ncc1[Si](C)(C)C.[Ir]. The molecule has 0 saturated heterocycles. The average Bonchev–Trinajstić information content (AvgIpc) is 3.45. The molecule has 0 fully saturated rings. The Balaban J connectivity index is 0.000000204. The smallest absolute Gasteiger partial charge is 0.216 e. The Labute approximate surface area is 304 Å². The molecule has 0 saturated carbocycles.